The van der Waals surface area contributed by atoms with E-state index in [2.05, 4.69) is 21.8 Å². The first-order valence-corrected chi connectivity index (χ1v) is 7.25. The molecule has 2 heterocycles. The molecule has 1 aliphatic carbocycles. The highest BCUT2D eigenvalue weighted by molar-refractivity contribution is 5.40. The summed E-state index contributed by atoms with van der Waals surface area (Å²) in [6.07, 6.45) is 4.59. The third kappa shape index (κ3) is 2.66. The highest BCUT2D eigenvalue weighted by Crippen LogP contribution is 2.38. The number of anilines is 1. The molecule has 0 bridgehead atoms. The summed E-state index contributed by atoms with van der Waals surface area (Å²) in [4.78, 5) is 21.6. The number of nitrogens with zero attached hydrogens (tertiary/aromatic N) is 2. The van der Waals surface area contributed by atoms with Crippen molar-refractivity contribution in [2.45, 2.75) is 44.6 Å². The minimum atomic E-state index is -0.0334. The molecule has 0 radical (unpaired) electrons. The average molecular weight is 262 g/mol. The Morgan fingerprint density at radius 3 is 2.89 bits per heavy atom. The quantitative estimate of drug-likeness (QED) is 0.858. The van der Waals surface area contributed by atoms with Crippen LogP contribution in [0.4, 0.5) is 5.82 Å². The van der Waals surface area contributed by atoms with Crippen LogP contribution in [0.25, 0.3) is 0 Å². The van der Waals surface area contributed by atoms with Gasteiger partial charge < -0.3 is 15.6 Å². The number of aromatic nitrogens is 2. The highest BCUT2D eigenvalue weighted by atomic mass is 16.1. The van der Waals surface area contributed by atoms with Gasteiger partial charge in [0.1, 0.15) is 11.6 Å². The van der Waals surface area contributed by atoms with Crippen molar-refractivity contribution in [3.8, 4) is 0 Å². The number of piperidine rings is 1. The summed E-state index contributed by atoms with van der Waals surface area (Å²) < 4.78 is 0. The van der Waals surface area contributed by atoms with Crippen molar-refractivity contribution < 1.29 is 0 Å². The van der Waals surface area contributed by atoms with Gasteiger partial charge in [0, 0.05) is 24.6 Å². The van der Waals surface area contributed by atoms with Crippen LogP contribution >= 0.6 is 0 Å². The van der Waals surface area contributed by atoms with Crippen LogP contribution in [0.3, 0.4) is 0 Å². The fourth-order valence-corrected chi connectivity index (χ4v) is 2.85. The molecule has 104 valence electrons. The summed E-state index contributed by atoms with van der Waals surface area (Å²) in [7, 11) is 0. The average Bonchev–Trinajstić information content (AvgIpc) is 3.23. The van der Waals surface area contributed by atoms with Crippen LogP contribution in [0.15, 0.2) is 10.9 Å². The topological polar surface area (TPSA) is 75.0 Å². The Morgan fingerprint density at radius 1 is 1.42 bits per heavy atom. The van der Waals surface area contributed by atoms with Crippen molar-refractivity contribution in [2.75, 3.05) is 18.0 Å². The van der Waals surface area contributed by atoms with E-state index in [4.69, 9.17) is 5.73 Å². The van der Waals surface area contributed by atoms with Crippen LogP contribution in [0.5, 0.6) is 0 Å². The van der Waals surface area contributed by atoms with Crippen molar-refractivity contribution in [1.29, 1.82) is 0 Å². The van der Waals surface area contributed by atoms with Crippen LogP contribution in [0, 0.1) is 5.92 Å². The van der Waals surface area contributed by atoms with E-state index < -0.39 is 0 Å². The van der Waals surface area contributed by atoms with E-state index in [9.17, 15) is 4.79 Å². The molecular weight excluding hydrogens is 240 g/mol. The number of hydrogen-bond donors (Lipinski definition) is 2. The van der Waals surface area contributed by atoms with Crippen molar-refractivity contribution in [3.05, 3.63) is 22.2 Å². The monoisotopic (exact) mass is 262 g/mol. The van der Waals surface area contributed by atoms with Gasteiger partial charge in [0.15, 0.2) is 0 Å². The Labute approximate surface area is 113 Å². The molecule has 0 aromatic carbocycles. The minimum Gasteiger partial charge on any atom is -0.353 e. The van der Waals surface area contributed by atoms with Gasteiger partial charge in [-0.05, 0) is 45.1 Å². The number of H-pyrrole nitrogens is 1. The summed E-state index contributed by atoms with van der Waals surface area (Å²) in [6, 6.07) is 2.06. The fourth-order valence-electron chi connectivity index (χ4n) is 2.85. The summed E-state index contributed by atoms with van der Waals surface area (Å²) in [5, 5.41) is 0. The van der Waals surface area contributed by atoms with Gasteiger partial charge >= 0.3 is 0 Å². The van der Waals surface area contributed by atoms with Gasteiger partial charge in [-0.2, -0.15) is 0 Å². The third-order valence-corrected chi connectivity index (χ3v) is 4.32. The van der Waals surface area contributed by atoms with Gasteiger partial charge in [-0.1, -0.05) is 0 Å². The Morgan fingerprint density at radius 2 is 2.21 bits per heavy atom. The van der Waals surface area contributed by atoms with Crippen molar-refractivity contribution in [3.63, 3.8) is 0 Å². The molecule has 19 heavy (non-hydrogen) atoms. The smallest absolute Gasteiger partial charge is 0.252 e. The number of nitrogens with two attached hydrogens (primary N) is 1. The lowest BCUT2D eigenvalue weighted by atomic mass is 9.93. The van der Waals surface area contributed by atoms with Crippen LogP contribution in [0.1, 0.15) is 44.3 Å². The van der Waals surface area contributed by atoms with E-state index in [1.807, 2.05) is 0 Å². The molecule has 1 aromatic heterocycles. The van der Waals surface area contributed by atoms with Crippen molar-refractivity contribution in [2.24, 2.45) is 11.7 Å². The number of nitrogens with one attached hydrogen (secondary N) is 1. The summed E-state index contributed by atoms with van der Waals surface area (Å²) in [6.45, 7) is 3.83. The van der Waals surface area contributed by atoms with Crippen LogP contribution in [-0.2, 0) is 0 Å². The Balaban J connectivity index is 1.89. The Bertz CT molecular complexity index is 508. The van der Waals surface area contributed by atoms with Crippen molar-refractivity contribution >= 4 is 5.82 Å². The maximum absolute atomic E-state index is 11.8. The lowest BCUT2D eigenvalue weighted by Gasteiger charge is -2.38. The second kappa shape index (κ2) is 4.96. The lowest BCUT2D eigenvalue weighted by molar-refractivity contribution is 0.371. The maximum atomic E-state index is 11.8. The molecule has 5 heteroatoms. The van der Waals surface area contributed by atoms with Gasteiger partial charge in [-0.25, -0.2) is 4.98 Å². The third-order valence-electron chi connectivity index (χ3n) is 4.32. The standard InChI is InChI=1S/C14H22N4O/c1-9-2-3-10(7-15)8-18(9)12-6-13(19)17-14(16-12)11-4-5-11/h6,9-11H,2-5,7-8,15H2,1H3,(H,16,17,19). The molecule has 3 N–H and O–H groups in total. The zero-order valence-corrected chi connectivity index (χ0v) is 11.4. The van der Waals surface area contributed by atoms with Gasteiger partial charge in [-0.3, -0.25) is 4.79 Å². The van der Waals surface area contributed by atoms with Crippen LogP contribution in [0.2, 0.25) is 0 Å². The van der Waals surface area contributed by atoms with Gasteiger partial charge in [0.05, 0.1) is 0 Å². The van der Waals surface area contributed by atoms with E-state index in [0.717, 1.165) is 37.4 Å². The van der Waals surface area contributed by atoms with E-state index in [1.54, 1.807) is 6.07 Å². The summed E-state index contributed by atoms with van der Waals surface area (Å²) in [5.41, 5.74) is 5.76. The molecule has 5 nitrogen and oxygen atoms in total. The normalized spacial score (nSPS) is 27.6. The molecule has 1 saturated carbocycles. The molecule has 2 atom stereocenters. The zero-order valence-electron chi connectivity index (χ0n) is 11.4. The number of aromatic amines is 1. The maximum Gasteiger partial charge on any atom is 0.252 e. The minimum absolute atomic E-state index is 0.0334. The highest BCUT2D eigenvalue weighted by Gasteiger charge is 2.29. The number of hydrogen-bond acceptors (Lipinski definition) is 4. The fraction of sp³-hybridized carbons (Fsp3) is 0.714. The molecule has 3 rings (SSSR count). The van der Waals surface area contributed by atoms with Crippen molar-refractivity contribution in [1.82, 2.24) is 9.97 Å². The Kier molecular flexibility index (Phi) is 3.31. The second-order valence-electron chi connectivity index (χ2n) is 5.94. The molecule has 1 aliphatic heterocycles. The van der Waals surface area contributed by atoms with E-state index in [-0.39, 0.29) is 5.56 Å². The lowest BCUT2D eigenvalue weighted by Crippen LogP contribution is -2.44. The first kappa shape index (κ1) is 12.7. The molecule has 2 aliphatic rings. The molecule has 2 unspecified atom stereocenters. The van der Waals surface area contributed by atoms with E-state index in [1.165, 1.54) is 6.42 Å². The first-order valence-electron chi connectivity index (χ1n) is 7.25. The van der Waals surface area contributed by atoms with Gasteiger partial charge in [0.25, 0.3) is 5.56 Å². The summed E-state index contributed by atoms with van der Waals surface area (Å²) >= 11 is 0. The van der Waals surface area contributed by atoms with Crippen LogP contribution < -0.4 is 16.2 Å². The van der Waals surface area contributed by atoms with Crippen LogP contribution in [-0.4, -0.2) is 29.1 Å². The molecular formula is C14H22N4O. The second-order valence-corrected chi connectivity index (χ2v) is 5.94. The first-order chi connectivity index (χ1) is 9.17. The molecule has 0 amide bonds. The van der Waals surface area contributed by atoms with Gasteiger partial charge in [-0.15, -0.1) is 0 Å². The molecule has 2 fully saturated rings. The molecule has 1 saturated heterocycles. The predicted octanol–water partition coefficient (Wildman–Crippen LogP) is 1.21. The SMILES string of the molecule is CC1CCC(CN)CN1c1cc(=O)[nH]c(C2CC2)n1. The van der Waals surface area contributed by atoms with Gasteiger partial charge in [0.2, 0.25) is 0 Å². The largest absolute Gasteiger partial charge is 0.353 e. The van der Waals surface area contributed by atoms with E-state index in [0.29, 0.717) is 24.4 Å². The molecule has 0 spiro atoms. The number of rotatable bonds is 3. The van der Waals surface area contributed by atoms with E-state index >= 15 is 0 Å². The Hall–Kier alpha value is -1.36. The predicted molar refractivity (Wildman–Crippen MR) is 75.4 cm³/mol. The summed E-state index contributed by atoms with van der Waals surface area (Å²) in [5.74, 6) is 2.68. The zero-order chi connectivity index (χ0) is 13.4. The molecule has 1 aromatic rings.